The summed E-state index contributed by atoms with van der Waals surface area (Å²) in [6.07, 6.45) is 0.845. The number of esters is 1. The maximum Gasteiger partial charge on any atom is 0.343 e. The fourth-order valence-corrected chi connectivity index (χ4v) is 5.32. The van der Waals surface area contributed by atoms with E-state index in [4.69, 9.17) is 29.1 Å². The second-order valence-corrected chi connectivity index (χ2v) is 10.1. The van der Waals surface area contributed by atoms with Crippen LogP contribution in [0.1, 0.15) is 56.4 Å². The van der Waals surface area contributed by atoms with Crippen molar-refractivity contribution < 1.29 is 34.0 Å². The summed E-state index contributed by atoms with van der Waals surface area (Å²) in [6, 6.07) is 5.92. The van der Waals surface area contributed by atoms with Crippen molar-refractivity contribution in [3.8, 4) is 22.9 Å². The van der Waals surface area contributed by atoms with Gasteiger partial charge in [0.15, 0.2) is 17.1 Å². The second-order valence-electron chi connectivity index (χ2n) is 10.1. The van der Waals surface area contributed by atoms with E-state index in [0.717, 1.165) is 41.9 Å². The number of pyridine rings is 2. The lowest BCUT2D eigenvalue weighted by molar-refractivity contribution is -0.172. The number of benzene rings is 1. The molecule has 3 aliphatic heterocycles. The first kappa shape index (κ1) is 26.6. The van der Waals surface area contributed by atoms with Gasteiger partial charge in [0.05, 0.1) is 29.0 Å². The molecule has 39 heavy (non-hydrogen) atoms. The van der Waals surface area contributed by atoms with E-state index in [1.807, 2.05) is 12.1 Å². The summed E-state index contributed by atoms with van der Waals surface area (Å²) in [5.74, 6) is -0.237. The van der Waals surface area contributed by atoms with Gasteiger partial charge in [-0.3, -0.25) is 9.59 Å². The standard InChI is InChI=1S/C26H27N3O6.C2H4O2/c1-4-26(32)18-8-20-23-16(10-29(20)24(30)17(18)11-33-25(26)31)14(5-6-27-13(2)3)15-7-21-22(35-12-34-21)9-19(15)28-23;1-2(3)4/h7-9,13,27,32H,4-6,10-12H2,1-3H3;1H3,(H,3,4). The highest BCUT2D eigenvalue weighted by Crippen LogP contribution is 2.43. The minimum Gasteiger partial charge on any atom is -0.481 e. The van der Waals surface area contributed by atoms with E-state index in [2.05, 4.69) is 19.2 Å². The molecule has 0 bridgehead atoms. The zero-order valence-electron chi connectivity index (χ0n) is 22.3. The third-order valence-corrected chi connectivity index (χ3v) is 7.23. The molecule has 11 heteroatoms. The molecule has 0 saturated carbocycles. The smallest absolute Gasteiger partial charge is 0.343 e. The number of hydrogen-bond donors (Lipinski definition) is 3. The van der Waals surface area contributed by atoms with Crippen LogP contribution < -0.4 is 20.3 Å². The molecule has 1 unspecified atom stereocenters. The maximum atomic E-state index is 13.5. The zero-order valence-corrected chi connectivity index (χ0v) is 22.3. The van der Waals surface area contributed by atoms with E-state index in [1.165, 1.54) is 0 Å². The number of nitrogens with zero attached hydrogens (tertiary/aromatic N) is 2. The van der Waals surface area contributed by atoms with Crippen LogP contribution in [0, 0.1) is 0 Å². The van der Waals surface area contributed by atoms with Crippen molar-refractivity contribution in [2.24, 2.45) is 0 Å². The summed E-state index contributed by atoms with van der Waals surface area (Å²) >= 11 is 0. The highest BCUT2D eigenvalue weighted by Gasteiger charge is 2.45. The number of fused-ring (bicyclic) bond motifs is 6. The van der Waals surface area contributed by atoms with E-state index in [0.29, 0.717) is 46.6 Å². The maximum absolute atomic E-state index is 13.5. The Morgan fingerprint density at radius 1 is 1.15 bits per heavy atom. The molecule has 0 fully saturated rings. The van der Waals surface area contributed by atoms with Crippen molar-refractivity contribution in [2.75, 3.05) is 13.3 Å². The van der Waals surface area contributed by atoms with Gasteiger partial charge in [0.2, 0.25) is 6.79 Å². The van der Waals surface area contributed by atoms with Crippen molar-refractivity contribution in [3.63, 3.8) is 0 Å². The first-order chi connectivity index (χ1) is 18.5. The molecule has 3 aromatic rings. The van der Waals surface area contributed by atoms with Crippen molar-refractivity contribution >= 4 is 22.8 Å². The highest BCUT2D eigenvalue weighted by molar-refractivity contribution is 5.91. The van der Waals surface area contributed by atoms with Crippen LogP contribution in [0.25, 0.3) is 22.3 Å². The predicted molar refractivity (Wildman–Crippen MR) is 141 cm³/mol. The van der Waals surface area contributed by atoms with Crippen molar-refractivity contribution in [1.29, 1.82) is 0 Å². The van der Waals surface area contributed by atoms with E-state index >= 15 is 0 Å². The largest absolute Gasteiger partial charge is 0.481 e. The number of nitrogens with one attached hydrogen (secondary N) is 1. The molecular formula is C28H31N3O8. The Hall–Kier alpha value is -3.96. The average molecular weight is 538 g/mol. The average Bonchev–Trinajstić information content (AvgIpc) is 3.49. The molecule has 2 aromatic heterocycles. The molecule has 6 rings (SSSR count). The number of aromatic nitrogens is 2. The van der Waals surface area contributed by atoms with Gasteiger partial charge in [0.25, 0.3) is 11.5 Å². The first-order valence-electron chi connectivity index (χ1n) is 12.9. The highest BCUT2D eigenvalue weighted by atomic mass is 16.7. The molecule has 206 valence electrons. The molecule has 1 aromatic carbocycles. The van der Waals surface area contributed by atoms with Crippen molar-refractivity contribution in [2.45, 2.75) is 65.3 Å². The monoisotopic (exact) mass is 537 g/mol. The van der Waals surface area contributed by atoms with Gasteiger partial charge in [0.1, 0.15) is 6.61 Å². The lowest BCUT2D eigenvalue weighted by Crippen LogP contribution is -2.44. The molecule has 3 aliphatic rings. The zero-order chi connectivity index (χ0) is 28.1. The number of cyclic esters (lactones) is 1. The number of ether oxygens (including phenoxy) is 3. The number of carboxylic acids is 1. The molecule has 5 heterocycles. The molecular weight excluding hydrogens is 506 g/mol. The number of carboxylic acid groups (broad SMARTS) is 1. The third kappa shape index (κ3) is 4.51. The topological polar surface area (TPSA) is 149 Å². The Morgan fingerprint density at radius 2 is 1.85 bits per heavy atom. The van der Waals surface area contributed by atoms with Gasteiger partial charge in [-0.05, 0) is 37.1 Å². The van der Waals surface area contributed by atoms with Crippen LogP contribution in [0.5, 0.6) is 11.5 Å². The van der Waals surface area contributed by atoms with Gasteiger partial charge in [-0.2, -0.15) is 0 Å². The number of aliphatic carboxylic acids is 1. The van der Waals surface area contributed by atoms with Gasteiger partial charge in [-0.25, -0.2) is 9.78 Å². The summed E-state index contributed by atoms with van der Waals surface area (Å²) in [5, 5.41) is 23.0. The van der Waals surface area contributed by atoms with Gasteiger partial charge >= 0.3 is 5.97 Å². The second kappa shape index (κ2) is 9.97. The Labute approximate surface area is 224 Å². The van der Waals surface area contributed by atoms with Crippen LogP contribution in [0.3, 0.4) is 0 Å². The molecule has 0 saturated heterocycles. The number of aliphatic hydroxyl groups is 1. The molecule has 0 amide bonds. The minimum absolute atomic E-state index is 0.106. The van der Waals surface area contributed by atoms with E-state index < -0.39 is 17.5 Å². The summed E-state index contributed by atoms with van der Waals surface area (Å²) in [4.78, 5) is 39.9. The fourth-order valence-electron chi connectivity index (χ4n) is 5.32. The van der Waals surface area contributed by atoms with Crippen LogP contribution in [-0.4, -0.2) is 51.1 Å². The molecule has 0 spiro atoms. The van der Waals surface area contributed by atoms with Crippen LogP contribution in [-0.2, 0) is 39.5 Å². The summed E-state index contributed by atoms with van der Waals surface area (Å²) < 4.78 is 18.1. The van der Waals surface area contributed by atoms with Crippen LogP contribution in [0.2, 0.25) is 0 Å². The lowest BCUT2D eigenvalue weighted by atomic mass is 9.86. The normalized spacial score (nSPS) is 18.3. The van der Waals surface area contributed by atoms with E-state index in [1.54, 1.807) is 17.6 Å². The van der Waals surface area contributed by atoms with E-state index in [9.17, 15) is 14.7 Å². The number of hydrogen-bond acceptors (Lipinski definition) is 9. The number of rotatable bonds is 5. The summed E-state index contributed by atoms with van der Waals surface area (Å²) in [6.45, 7) is 8.14. The Bertz CT molecular complexity index is 1560. The molecule has 11 nitrogen and oxygen atoms in total. The fraction of sp³-hybridized carbons (Fsp3) is 0.429. The number of carbonyl (C=O) groups is 2. The third-order valence-electron chi connectivity index (χ3n) is 7.23. The molecule has 0 aliphatic carbocycles. The molecule has 3 N–H and O–H groups in total. The van der Waals surface area contributed by atoms with E-state index in [-0.39, 0.29) is 25.4 Å². The van der Waals surface area contributed by atoms with Crippen molar-refractivity contribution in [3.05, 3.63) is 50.8 Å². The van der Waals surface area contributed by atoms with Crippen LogP contribution in [0.15, 0.2) is 23.0 Å². The Morgan fingerprint density at radius 3 is 2.51 bits per heavy atom. The molecule has 0 radical (unpaired) electrons. The van der Waals surface area contributed by atoms with Crippen LogP contribution in [0.4, 0.5) is 0 Å². The summed E-state index contributed by atoms with van der Waals surface area (Å²) in [5.41, 5.74) is 2.61. The lowest BCUT2D eigenvalue weighted by Gasteiger charge is -2.31. The minimum atomic E-state index is -1.85. The van der Waals surface area contributed by atoms with Gasteiger partial charge in [-0.15, -0.1) is 0 Å². The molecule has 1 atom stereocenters. The van der Waals surface area contributed by atoms with Crippen LogP contribution >= 0.6 is 0 Å². The SMILES string of the molecule is CC(=O)O.CCC1(O)C(=O)OCc2c1cc1n(c2=O)Cc2c-1nc1cc3c(cc1c2CCNC(C)C)OCO3. The van der Waals surface area contributed by atoms with Gasteiger partial charge in [-0.1, -0.05) is 20.8 Å². The first-order valence-corrected chi connectivity index (χ1v) is 12.9. The predicted octanol–water partition coefficient (Wildman–Crippen LogP) is 2.44. The summed E-state index contributed by atoms with van der Waals surface area (Å²) in [7, 11) is 0. The quantitative estimate of drug-likeness (QED) is 0.324. The Balaban J connectivity index is 0.000000723. The van der Waals surface area contributed by atoms with Gasteiger partial charge < -0.3 is 34.3 Å². The van der Waals surface area contributed by atoms with Gasteiger partial charge in [0, 0.05) is 35.5 Å². The van der Waals surface area contributed by atoms with Crippen molar-refractivity contribution in [1.82, 2.24) is 14.9 Å². The number of carbonyl (C=O) groups excluding carboxylic acids is 1. The Kier molecular flexibility index (Phi) is 6.81.